The summed E-state index contributed by atoms with van der Waals surface area (Å²) in [6, 6.07) is 55.4. The molecule has 0 aliphatic rings. The summed E-state index contributed by atoms with van der Waals surface area (Å²) in [5.41, 5.74) is 12.5. The van der Waals surface area contributed by atoms with Crippen molar-refractivity contribution in [2.75, 3.05) is 7.05 Å². The summed E-state index contributed by atoms with van der Waals surface area (Å²) in [6.07, 6.45) is 2.21. The maximum absolute atomic E-state index is 5.05. The Bertz CT molecular complexity index is 1600. The minimum atomic E-state index is 0.911. The highest BCUT2D eigenvalue weighted by Gasteiger charge is 2.11. The van der Waals surface area contributed by atoms with Gasteiger partial charge in [0.1, 0.15) is 5.69 Å². The molecule has 0 N–H and O–H groups in total. The van der Waals surface area contributed by atoms with E-state index < -0.39 is 0 Å². The molecule has 0 saturated heterocycles. The van der Waals surface area contributed by atoms with Crippen molar-refractivity contribution < 1.29 is 4.70 Å². The first-order valence-corrected chi connectivity index (χ1v) is 14.3. The normalized spacial score (nSPS) is 11.9. The van der Waals surface area contributed by atoms with Gasteiger partial charge in [0, 0.05) is 13.0 Å². The lowest BCUT2D eigenvalue weighted by molar-refractivity contribution is -0.510. The van der Waals surface area contributed by atoms with Crippen LogP contribution in [0.2, 0.25) is 0 Å². The van der Waals surface area contributed by atoms with Gasteiger partial charge in [-0.05, 0) is 91.6 Å². The standard InChI is InChI=1S/C40H33N2/c1-30(23-31-24-36(32-15-7-3-8-16-32)26-37(25-31)33-17-9-4-10-18-33)42(2)41-40-28-38(34-19-11-5-12-20-34)27-39(29-40)35-21-13-6-14-22-35/h3-29H,1-2H3/q+1. The predicted octanol–water partition coefficient (Wildman–Crippen LogP) is 11.1. The molecule has 0 bridgehead atoms. The van der Waals surface area contributed by atoms with Gasteiger partial charge in [0.2, 0.25) is 5.70 Å². The van der Waals surface area contributed by atoms with E-state index in [1.807, 2.05) is 23.9 Å². The zero-order valence-corrected chi connectivity index (χ0v) is 24.0. The van der Waals surface area contributed by atoms with Crippen molar-refractivity contribution in [3.63, 3.8) is 0 Å². The molecule has 0 atom stereocenters. The van der Waals surface area contributed by atoms with E-state index >= 15 is 0 Å². The molecule has 6 aromatic carbocycles. The molecule has 0 unspecified atom stereocenters. The number of hydrogen-bond acceptors (Lipinski definition) is 1. The van der Waals surface area contributed by atoms with Crippen LogP contribution in [-0.4, -0.2) is 11.7 Å². The molecule has 0 heterocycles. The van der Waals surface area contributed by atoms with E-state index in [-0.39, 0.29) is 0 Å². The Balaban J connectivity index is 1.40. The molecular formula is C40H33N2+. The van der Waals surface area contributed by atoms with Gasteiger partial charge in [0.05, 0.1) is 0 Å². The van der Waals surface area contributed by atoms with Crippen molar-refractivity contribution in [2.45, 2.75) is 6.92 Å². The average molecular weight is 542 g/mol. The third kappa shape index (κ3) is 6.35. The van der Waals surface area contributed by atoms with Gasteiger partial charge in [0.25, 0.3) is 0 Å². The van der Waals surface area contributed by atoms with Crippen molar-refractivity contribution in [3.05, 3.63) is 169 Å². The van der Waals surface area contributed by atoms with Crippen LogP contribution in [-0.2, 0) is 0 Å². The second-order valence-electron chi connectivity index (χ2n) is 10.5. The molecule has 0 aliphatic heterocycles. The smallest absolute Gasteiger partial charge is 0.0909 e. The van der Waals surface area contributed by atoms with Crippen molar-refractivity contribution in [2.24, 2.45) is 5.11 Å². The molecule has 2 heteroatoms. The third-order valence-corrected chi connectivity index (χ3v) is 7.45. The Hall–Kier alpha value is -5.34. The number of azo groups is 2. The average Bonchev–Trinajstić information content (AvgIpc) is 3.06. The highest BCUT2D eigenvalue weighted by Crippen LogP contribution is 2.33. The third-order valence-electron chi connectivity index (χ3n) is 7.45. The minimum absolute atomic E-state index is 0.911. The van der Waals surface area contributed by atoms with Crippen molar-refractivity contribution in [1.82, 2.24) is 0 Å². The molecular weight excluding hydrogens is 508 g/mol. The van der Waals surface area contributed by atoms with Crippen molar-refractivity contribution in [1.29, 1.82) is 0 Å². The Morgan fingerprint density at radius 3 is 1.14 bits per heavy atom. The summed E-state index contributed by atoms with van der Waals surface area (Å²) in [4.78, 5) is 0. The fourth-order valence-corrected chi connectivity index (χ4v) is 5.18. The Kier molecular flexibility index (Phi) is 7.96. The first-order chi connectivity index (χ1) is 20.6. The molecule has 6 aromatic rings. The lowest BCUT2D eigenvalue weighted by Crippen LogP contribution is -1.99. The zero-order chi connectivity index (χ0) is 28.7. The van der Waals surface area contributed by atoms with Gasteiger partial charge >= 0.3 is 0 Å². The fourth-order valence-electron chi connectivity index (χ4n) is 5.18. The first kappa shape index (κ1) is 26.9. The lowest BCUT2D eigenvalue weighted by atomic mass is 9.96. The van der Waals surface area contributed by atoms with Gasteiger partial charge in [-0.1, -0.05) is 126 Å². The van der Waals surface area contributed by atoms with Crippen LogP contribution in [0.5, 0.6) is 0 Å². The van der Waals surface area contributed by atoms with Crippen LogP contribution in [0.15, 0.2) is 169 Å². The van der Waals surface area contributed by atoms with Gasteiger partial charge < -0.3 is 0 Å². The van der Waals surface area contributed by atoms with Crippen LogP contribution in [0, 0.1) is 0 Å². The molecule has 0 fully saturated rings. The largest absolute Gasteiger partial charge is 0.205 e. The van der Waals surface area contributed by atoms with Crippen LogP contribution in [0.3, 0.4) is 0 Å². The molecule has 202 valence electrons. The Morgan fingerprint density at radius 1 is 0.452 bits per heavy atom. The number of allylic oxidation sites excluding steroid dienone is 1. The molecule has 42 heavy (non-hydrogen) atoms. The van der Waals surface area contributed by atoms with E-state index in [9.17, 15) is 0 Å². The second kappa shape index (κ2) is 12.4. The van der Waals surface area contributed by atoms with E-state index in [4.69, 9.17) is 5.11 Å². The van der Waals surface area contributed by atoms with Crippen molar-refractivity contribution in [3.8, 4) is 44.5 Å². The molecule has 0 aliphatic carbocycles. The van der Waals surface area contributed by atoms with Crippen LogP contribution >= 0.6 is 0 Å². The summed E-state index contributed by atoms with van der Waals surface area (Å²) in [7, 11) is 2.02. The highest BCUT2D eigenvalue weighted by atomic mass is 15.2. The van der Waals surface area contributed by atoms with Gasteiger partial charge in [0.15, 0.2) is 7.05 Å². The van der Waals surface area contributed by atoms with Crippen LogP contribution in [0.4, 0.5) is 5.69 Å². The van der Waals surface area contributed by atoms with E-state index in [0.29, 0.717) is 0 Å². The molecule has 0 aromatic heterocycles. The number of nitrogens with zero attached hydrogens (tertiary/aromatic N) is 2. The van der Waals surface area contributed by atoms with Gasteiger partial charge in [-0.2, -0.15) is 0 Å². The predicted molar refractivity (Wildman–Crippen MR) is 177 cm³/mol. The summed E-state index contributed by atoms with van der Waals surface area (Å²) >= 11 is 0. The highest BCUT2D eigenvalue weighted by molar-refractivity contribution is 5.78. The Morgan fingerprint density at radius 2 is 0.786 bits per heavy atom. The lowest BCUT2D eigenvalue weighted by Gasteiger charge is -2.09. The number of benzene rings is 6. The first-order valence-electron chi connectivity index (χ1n) is 14.3. The van der Waals surface area contributed by atoms with Crippen LogP contribution in [0.25, 0.3) is 50.6 Å². The molecule has 0 radical (unpaired) electrons. The number of hydrogen-bond donors (Lipinski definition) is 0. The van der Waals surface area contributed by atoms with Crippen molar-refractivity contribution >= 4 is 11.8 Å². The summed E-state index contributed by atoms with van der Waals surface area (Å²) < 4.78 is 1.97. The topological polar surface area (TPSA) is 15.4 Å². The maximum atomic E-state index is 5.05. The van der Waals surface area contributed by atoms with E-state index in [2.05, 4.69) is 159 Å². The molecule has 2 nitrogen and oxygen atoms in total. The van der Waals surface area contributed by atoms with E-state index in [0.717, 1.165) is 28.1 Å². The van der Waals surface area contributed by atoms with Gasteiger partial charge in [-0.25, -0.2) is 0 Å². The minimum Gasteiger partial charge on any atom is -0.0909 e. The number of rotatable bonds is 7. The molecule has 0 spiro atoms. The van der Waals surface area contributed by atoms with Gasteiger partial charge in [-0.15, -0.1) is 0 Å². The SMILES string of the molecule is CC(=Cc1cc(-c2ccccc2)cc(-c2ccccc2)c1)[N+](C)=Nc1cc(-c2ccccc2)cc(-c2ccccc2)c1. The van der Waals surface area contributed by atoms with E-state index in [1.165, 1.54) is 33.4 Å². The van der Waals surface area contributed by atoms with E-state index in [1.54, 1.807) is 0 Å². The summed E-state index contributed by atoms with van der Waals surface area (Å²) in [6.45, 7) is 2.11. The monoisotopic (exact) mass is 541 g/mol. The summed E-state index contributed by atoms with van der Waals surface area (Å²) in [5.74, 6) is 0. The zero-order valence-electron chi connectivity index (χ0n) is 24.0. The van der Waals surface area contributed by atoms with Crippen LogP contribution in [0.1, 0.15) is 12.5 Å². The molecule has 0 saturated carbocycles. The quantitative estimate of drug-likeness (QED) is 0.141. The van der Waals surface area contributed by atoms with Crippen LogP contribution < -0.4 is 0 Å². The molecule has 0 amide bonds. The van der Waals surface area contributed by atoms with Gasteiger partial charge in [-0.3, -0.25) is 0 Å². The molecule has 6 rings (SSSR count). The fraction of sp³-hybridized carbons (Fsp3) is 0.0500. The maximum Gasteiger partial charge on any atom is 0.205 e. The summed E-state index contributed by atoms with van der Waals surface area (Å²) in [5, 5.41) is 5.05. The Labute approximate surface area is 248 Å². The second-order valence-corrected chi connectivity index (χ2v) is 10.5.